The van der Waals surface area contributed by atoms with Crippen LogP contribution in [0.4, 0.5) is 0 Å². The van der Waals surface area contributed by atoms with Crippen molar-refractivity contribution >= 4 is 0 Å². The molecule has 2 unspecified atom stereocenters. The summed E-state index contributed by atoms with van der Waals surface area (Å²) in [6, 6.07) is 0.508. The minimum atomic E-state index is -0.0407. The summed E-state index contributed by atoms with van der Waals surface area (Å²) in [7, 11) is 0. The molecule has 0 aromatic carbocycles. The average molecular weight is 346 g/mol. The predicted octanol–water partition coefficient (Wildman–Crippen LogP) is 2.79. The zero-order valence-corrected chi connectivity index (χ0v) is 15.4. The highest BCUT2D eigenvalue weighted by Crippen LogP contribution is 2.24. The molecule has 1 fully saturated rings. The summed E-state index contributed by atoms with van der Waals surface area (Å²) in [6.07, 6.45) is 13.0. The van der Waals surface area contributed by atoms with Gasteiger partial charge in [0.25, 0.3) is 0 Å². The number of hydrogen-bond donors (Lipinski definition) is 1. The Morgan fingerprint density at radius 3 is 3.04 bits per heavy atom. The van der Waals surface area contributed by atoms with Gasteiger partial charge in [-0.3, -0.25) is 0 Å². The third kappa shape index (κ3) is 5.76. The Morgan fingerprint density at radius 2 is 2.32 bits per heavy atom. The van der Waals surface area contributed by atoms with Crippen molar-refractivity contribution in [3.05, 3.63) is 35.7 Å². The minimum absolute atomic E-state index is 0.0407. The summed E-state index contributed by atoms with van der Waals surface area (Å²) < 4.78 is 13.2. The Bertz CT molecular complexity index is 588. The van der Waals surface area contributed by atoms with E-state index in [1.165, 1.54) is 12.0 Å². The Kier molecular flexibility index (Phi) is 6.78. The fraction of sp³-hybridized carbons (Fsp3) is 0.684. The standard InChI is InChI=1S/C19H30N4O2/c1-15(2)20-13-16-6-8-17(9-7-16)18-14-23(22-21-18)10-12-25-19-5-3-4-11-24-19/h6-8,14-15,17,19-20H,3-5,9-13H2,1-2H3. The number of allylic oxidation sites excluding steroid dienone is 2. The van der Waals surface area contributed by atoms with Gasteiger partial charge in [-0.2, -0.15) is 0 Å². The fourth-order valence-electron chi connectivity index (χ4n) is 3.05. The van der Waals surface area contributed by atoms with Crippen LogP contribution in [-0.2, 0) is 16.0 Å². The summed E-state index contributed by atoms with van der Waals surface area (Å²) in [4.78, 5) is 0. The molecule has 1 aromatic heterocycles. The predicted molar refractivity (Wildman–Crippen MR) is 97.3 cm³/mol. The van der Waals surface area contributed by atoms with E-state index in [1.54, 1.807) is 0 Å². The van der Waals surface area contributed by atoms with Crippen LogP contribution in [0.15, 0.2) is 30.0 Å². The van der Waals surface area contributed by atoms with Crippen LogP contribution in [-0.4, -0.2) is 47.1 Å². The highest BCUT2D eigenvalue weighted by molar-refractivity contribution is 5.30. The molecule has 0 bridgehead atoms. The van der Waals surface area contributed by atoms with Crippen LogP contribution in [0.25, 0.3) is 0 Å². The van der Waals surface area contributed by atoms with E-state index in [0.29, 0.717) is 25.1 Å². The summed E-state index contributed by atoms with van der Waals surface area (Å²) in [5.41, 5.74) is 2.37. The van der Waals surface area contributed by atoms with Gasteiger partial charge >= 0.3 is 0 Å². The van der Waals surface area contributed by atoms with Crippen LogP contribution in [0.2, 0.25) is 0 Å². The van der Waals surface area contributed by atoms with Crippen molar-refractivity contribution in [1.29, 1.82) is 0 Å². The second kappa shape index (κ2) is 9.27. The van der Waals surface area contributed by atoms with Gasteiger partial charge in [-0.1, -0.05) is 37.3 Å². The van der Waals surface area contributed by atoms with Crippen molar-refractivity contribution in [2.45, 2.75) is 64.3 Å². The first kappa shape index (κ1) is 18.3. The first-order chi connectivity index (χ1) is 12.2. The zero-order valence-electron chi connectivity index (χ0n) is 15.4. The molecule has 1 N–H and O–H groups in total. The van der Waals surface area contributed by atoms with Crippen LogP contribution in [0, 0.1) is 0 Å². The van der Waals surface area contributed by atoms with Crippen molar-refractivity contribution in [1.82, 2.24) is 20.3 Å². The lowest BCUT2D eigenvalue weighted by Crippen LogP contribution is -2.25. The van der Waals surface area contributed by atoms with Crippen molar-refractivity contribution in [2.75, 3.05) is 19.8 Å². The van der Waals surface area contributed by atoms with Gasteiger partial charge in [0.2, 0.25) is 0 Å². The molecule has 2 atom stereocenters. The van der Waals surface area contributed by atoms with E-state index in [-0.39, 0.29) is 6.29 Å². The smallest absolute Gasteiger partial charge is 0.157 e. The molecule has 1 saturated heterocycles. The topological polar surface area (TPSA) is 61.2 Å². The van der Waals surface area contributed by atoms with Crippen LogP contribution < -0.4 is 5.32 Å². The lowest BCUT2D eigenvalue weighted by Gasteiger charge is -2.22. The van der Waals surface area contributed by atoms with E-state index >= 15 is 0 Å². The zero-order chi connectivity index (χ0) is 17.5. The van der Waals surface area contributed by atoms with Crippen LogP contribution >= 0.6 is 0 Å². The van der Waals surface area contributed by atoms with E-state index in [4.69, 9.17) is 9.47 Å². The third-order valence-corrected chi connectivity index (χ3v) is 4.59. The van der Waals surface area contributed by atoms with E-state index in [2.05, 4.69) is 47.7 Å². The second-order valence-corrected chi connectivity index (χ2v) is 7.09. The second-order valence-electron chi connectivity index (χ2n) is 7.09. The van der Waals surface area contributed by atoms with Crippen molar-refractivity contribution in [3.63, 3.8) is 0 Å². The van der Waals surface area contributed by atoms with E-state index in [9.17, 15) is 0 Å². The summed E-state index contributed by atoms with van der Waals surface area (Å²) in [5.74, 6) is 0.319. The van der Waals surface area contributed by atoms with Crippen LogP contribution in [0.3, 0.4) is 0 Å². The van der Waals surface area contributed by atoms with E-state index in [0.717, 1.165) is 38.1 Å². The van der Waals surface area contributed by atoms with Crippen LogP contribution in [0.5, 0.6) is 0 Å². The molecule has 1 aliphatic carbocycles. The number of rotatable bonds is 8. The largest absolute Gasteiger partial charge is 0.353 e. The summed E-state index contributed by atoms with van der Waals surface area (Å²) in [6.45, 7) is 7.39. The molecule has 3 rings (SSSR count). The molecule has 0 spiro atoms. The monoisotopic (exact) mass is 346 g/mol. The van der Waals surface area contributed by atoms with Gasteiger partial charge in [-0.25, -0.2) is 4.68 Å². The maximum Gasteiger partial charge on any atom is 0.157 e. The molecular weight excluding hydrogens is 316 g/mol. The molecule has 2 aliphatic rings. The molecule has 0 radical (unpaired) electrons. The molecule has 2 heterocycles. The van der Waals surface area contributed by atoms with Gasteiger partial charge in [-0.15, -0.1) is 5.10 Å². The Labute approximate surface area is 150 Å². The van der Waals surface area contributed by atoms with Gasteiger partial charge in [-0.05, 0) is 31.3 Å². The Balaban J connectivity index is 1.42. The highest BCUT2D eigenvalue weighted by atomic mass is 16.7. The quantitative estimate of drug-likeness (QED) is 0.784. The number of nitrogens with one attached hydrogen (secondary N) is 1. The SMILES string of the molecule is CC(C)NCC1=CCC(c2cn(CCOC3CCCCO3)nn2)C=C1. The molecule has 0 amide bonds. The minimum Gasteiger partial charge on any atom is -0.353 e. The van der Waals surface area contributed by atoms with Crippen molar-refractivity contribution in [3.8, 4) is 0 Å². The van der Waals surface area contributed by atoms with Crippen molar-refractivity contribution < 1.29 is 9.47 Å². The van der Waals surface area contributed by atoms with Gasteiger partial charge < -0.3 is 14.8 Å². The van der Waals surface area contributed by atoms with Gasteiger partial charge in [0.1, 0.15) is 0 Å². The molecule has 25 heavy (non-hydrogen) atoms. The van der Waals surface area contributed by atoms with Gasteiger partial charge in [0.15, 0.2) is 6.29 Å². The fourth-order valence-corrected chi connectivity index (χ4v) is 3.05. The Morgan fingerprint density at radius 1 is 1.40 bits per heavy atom. The number of aromatic nitrogens is 3. The molecule has 1 aliphatic heterocycles. The maximum absolute atomic E-state index is 5.76. The Hall–Kier alpha value is -1.50. The lowest BCUT2D eigenvalue weighted by atomic mass is 9.94. The van der Waals surface area contributed by atoms with Crippen LogP contribution in [0.1, 0.15) is 51.1 Å². The number of ether oxygens (including phenoxy) is 2. The lowest BCUT2D eigenvalue weighted by molar-refractivity contribution is -0.163. The maximum atomic E-state index is 5.76. The molecule has 1 aromatic rings. The first-order valence-electron chi connectivity index (χ1n) is 9.44. The van der Waals surface area contributed by atoms with E-state index in [1.807, 2.05) is 10.9 Å². The summed E-state index contributed by atoms with van der Waals surface area (Å²) in [5, 5.41) is 12.0. The molecule has 0 saturated carbocycles. The normalized spacial score (nSPS) is 23.9. The third-order valence-electron chi connectivity index (χ3n) is 4.59. The molecular formula is C19H30N4O2. The summed E-state index contributed by atoms with van der Waals surface area (Å²) >= 11 is 0. The first-order valence-corrected chi connectivity index (χ1v) is 9.44. The van der Waals surface area contributed by atoms with E-state index < -0.39 is 0 Å². The van der Waals surface area contributed by atoms with Crippen molar-refractivity contribution in [2.24, 2.45) is 0 Å². The average Bonchev–Trinajstić information content (AvgIpc) is 3.10. The van der Waals surface area contributed by atoms with Gasteiger partial charge in [0.05, 0.1) is 18.8 Å². The van der Waals surface area contributed by atoms with Gasteiger partial charge in [0, 0.05) is 31.3 Å². The highest BCUT2D eigenvalue weighted by Gasteiger charge is 2.16. The molecule has 6 nitrogen and oxygen atoms in total. The molecule has 6 heteroatoms. The number of hydrogen-bond acceptors (Lipinski definition) is 5. The molecule has 138 valence electrons. The number of nitrogens with zero attached hydrogens (tertiary/aromatic N) is 3.